The minimum absolute atomic E-state index is 0.0127. The highest BCUT2D eigenvalue weighted by Gasteiger charge is 2.28. The van der Waals surface area contributed by atoms with E-state index in [1.807, 2.05) is 60.4 Å². The van der Waals surface area contributed by atoms with Gasteiger partial charge in [-0.05, 0) is 54.3 Å². The maximum atomic E-state index is 13.2. The second-order valence-electron chi connectivity index (χ2n) is 8.35. The van der Waals surface area contributed by atoms with Crippen molar-refractivity contribution in [1.29, 1.82) is 0 Å². The van der Waals surface area contributed by atoms with E-state index in [0.717, 1.165) is 16.3 Å². The predicted molar refractivity (Wildman–Crippen MR) is 134 cm³/mol. The van der Waals surface area contributed by atoms with Gasteiger partial charge in [0, 0.05) is 31.1 Å². The van der Waals surface area contributed by atoms with Crippen LogP contribution in [0.2, 0.25) is 5.02 Å². The Morgan fingerprint density at radius 1 is 1.09 bits per heavy atom. The summed E-state index contributed by atoms with van der Waals surface area (Å²) < 4.78 is 10.9. The molecular formula is C27H29ClN2O4. The summed E-state index contributed by atoms with van der Waals surface area (Å²) in [6, 6.07) is 17.3. The van der Waals surface area contributed by atoms with Gasteiger partial charge < -0.3 is 19.7 Å². The largest absolute Gasteiger partial charge is 0.493 e. The zero-order valence-corrected chi connectivity index (χ0v) is 20.2. The van der Waals surface area contributed by atoms with E-state index in [1.165, 1.54) is 0 Å². The number of carbonyl (C=O) groups excluding carboxylic acids is 2. The molecular weight excluding hydrogens is 452 g/mol. The minimum Gasteiger partial charge on any atom is -0.493 e. The third-order valence-corrected chi connectivity index (χ3v) is 6.50. The van der Waals surface area contributed by atoms with Gasteiger partial charge in [-0.3, -0.25) is 9.59 Å². The number of nitrogens with zero attached hydrogens (tertiary/aromatic N) is 1. The van der Waals surface area contributed by atoms with Gasteiger partial charge >= 0.3 is 0 Å². The zero-order chi connectivity index (χ0) is 24.1. The number of hydrogen-bond donors (Lipinski definition) is 1. The first kappa shape index (κ1) is 23.9. The maximum absolute atomic E-state index is 13.2. The lowest BCUT2D eigenvalue weighted by Gasteiger charge is -2.31. The molecule has 6 nitrogen and oxygen atoms in total. The highest BCUT2D eigenvalue weighted by molar-refractivity contribution is 6.32. The van der Waals surface area contributed by atoms with Crippen molar-refractivity contribution >= 4 is 34.2 Å². The normalized spacial score (nSPS) is 14.1. The number of halogens is 1. The molecule has 3 aromatic rings. The van der Waals surface area contributed by atoms with Gasteiger partial charge in [0.15, 0.2) is 11.5 Å². The van der Waals surface area contributed by atoms with E-state index in [9.17, 15) is 9.59 Å². The van der Waals surface area contributed by atoms with Crippen LogP contribution in [0.25, 0.3) is 10.8 Å². The smallest absolute Gasteiger partial charge is 0.254 e. The summed E-state index contributed by atoms with van der Waals surface area (Å²) in [6.45, 7) is 3.82. The van der Waals surface area contributed by atoms with Crippen molar-refractivity contribution in [3.8, 4) is 11.5 Å². The van der Waals surface area contributed by atoms with E-state index >= 15 is 0 Å². The molecule has 1 heterocycles. The van der Waals surface area contributed by atoms with Crippen molar-refractivity contribution in [2.24, 2.45) is 5.92 Å². The molecule has 0 aliphatic carbocycles. The number of piperidine rings is 1. The summed E-state index contributed by atoms with van der Waals surface area (Å²) in [4.78, 5) is 27.8. The third kappa shape index (κ3) is 5.12. The zero-order valence-electron chi connectivity index (χ0n) is 19.5. The number of rotatable bonds is 7. The first-order chi connectivity index (χ1) is 16.5. The average molecular weight is 481 g/mol. The molecule has 0 spiro atoms. The number of methoxy groups -OCH3 is 1. The Hall–Kier alpha value is -3.25. The van der Waals surface area contributed by atoms with Crippen LogP contribution in [0.4, 0.5) is 0 Å². The molecule has 3 aromatic carbocycles. The number of ether oxygens (including phenoxy) is 2. The minimum atomic E-state index is -0.128. The average Bonchev–Trinajstić information content (AvgIpc) is 2.88. The van der Waals surface area contributed by atoms with Crippen molar-refractivity contribution in [3.63, 3.8) is 0 Å². The van der Waals surface area contributed by atoms with Gasteiger partial charge in [0.1, 0.15) is 0 Å². The molecule has 1 saturated heterocycles. The summed E-state index contributed by atoms with van der Waals surface area (Å²) in [6.07, 6.45) is 1.27. The molecule has 0 saturated carbocycles. The van der Waals surface area contributed by atoms with Crippen LogP contribution < -0.4 is 14.8 Å². The van der Waals surface area contributed by atoms with Gasteiger partial charge in [-0.25, -0.2) is 0 Å². The summed E-state index contributed by atoms with van der Waals surface area (Å²) in [7, 11) is 1.56. The number of benzene rings is 3. The molecule has 7 heteroatoms. The van der Waals surface area contributed by atoms with E-state index in [2.05, 4.69) is 5.32 Å². The Kier molecular flexibility index (Phi) is 7.58. The van der Waals surface area contributed by atoms with Gasteiger partial charge in [0.25, 0.3) is 5.91 Å². The maximum Gasteiger partial charge on any atom is 0.254 e. The van der Waals surface area contributed by atoms with Crippen LogP contribution in [0.3, 0.4) is 0 Å². The second-order valence-corrected chi connectivity index (χ2v) is 8.76. The molecule has 1 aliphatic heterocycles. The number of hydrogen-bond acceptors (Lipinski definition) is 4. The van der Waals surface area contributed by atoms with Crippen LogP contribution in [0.1, 0.15) is 35.7 Å². The Morgan fingerprint density at radius 2 is 1.82 bits per heavy atom. The fraction of sp³-hybridized carbons (Fsp3) is 0.333. The quantitative estimate of drug-likeness (QED) is 0.512. The molecule has 1 fully saturated rings. The van der Waals surface area contributed by atoms with Crippen LogP contribution in [-0.4, -0.2) is 43.5 Å². The highest BCUT2D eigenvalue weighted by atomic mass is 35.5. The molecule has 0 atom stereocenters. The number of nitrogens with one attached hydrogen (secondary N) is 1. The predicted octanol–water partition coefficient (Wildman–Crippen LogP) is 5.07. The molecule has 0 aromatic heterocycles. The monoisotopic (exact) mass is 480 g/mol. The van der Waals surface area contributed by atoms with Crippen LogP contribution >= 0.6 is 11.6 Å². The molecule has 178 valence electrons. The summed E-state index contributed by atoms with van der Waals surface area (Å²) in [5.41, 5.74) is 1.55. The molecule has 34 heavy (non-hydrogen) atoms. The molecule has 4 rings (SSSR count). The molecule has 1 aliphatic rings. The first-order valence-electron chi connectivity index (χ1n) is 11.6. The topological polar surface area (TPSA) is 67.9 Å². The van der Waals surface area contributed by atoms with Gasteiger partial charge in [0.2, 0.25) is 5.91 Å². The van der Waals surface area contributed by atoms with Crippen LogP contribution in [0.15, 0.2) is 54.6 Å². The van der Waals surface area contributed by atoms with E-state index in [1.54, 1.807) is 13.2 Å². The van der Waals surface area contributed by atoms with Crippen LogP contribution in [0, 0.1) is 5.92 Å². The first-order valence-corrected chi connectivity index (χ1v) is 11.9. The molecule has 2 amide bonds. The lowest BCUT2D eigenvalue weighted by atomic mass is 9.94. The summed E-state index contributed by atoms with van der Waals surface area (Å²) in [5, 5.41) is 5.46. The second kappa shape index (κ2) is 10.8. The van der Waals surface area contributed by atoms with Gasteiger partial charge in [-0.1, -0.05) is 48.0 Å². The Labute approximate surface area is 204 Å². The Morgan fingerprint density at radius 3 is 2.56 bits per heavy atom. The summed E-state index contributed by atoms with van der Waals surface area (Å²) in [5.74, 6) is 0.925. The summed E-state index contributed by atoms with van der Waals surface area (Å²) >= 11 is 6.33. The van der Waals surface area contributed by atoms with Gasteiger partial charge in [-0.2, -0.15) is 0 Å². The molecule has 0 bridgehead atoms. The highest BCUT2D eigenvalue weighted by Crippen LogP contribution is 2.36. The van der Waals surface area contributed by atoms with Crippen molar-refractivity contribution in [2.45, 2.75) is 26.3 Å². The lowest BCUT2D eigenvalue weighted by Crippen LogP contribution is -2.43. The Balaban J connectivity index is 1.34. The molecule has 1 N–H and O–H groups in total. The van der Waals surface area contributed by atoms with Crippen molar-refractivity contribution in [1.82, 2.24) is 10.2 Å². The van der Waals surface area contributed by atoms with E-state index in [4.69, 9.17) is 21.1 Å². The van der Waals surface area contributed by atoms with Crippen LogP contribution in [-0.2, 0) is 11.3 Å². The van der Waals surface area contributed by atoms with Crippen molar-refractivity contribution in [3.05, 3.63) is 70.7 Å². The van der Waals surface area contributed by atoms with Crippen molar-refractivity contribution < 1.29 is 19.1 Å². The van der Waals surface area contributed by atoms with Crippen LogP contribution in [0.5, 0.6) is 11.5 Å². The lowest BCUT2D eigenvalue weighted by molar-refractivity contribution is -0.126. The van der Waals surface area contributed by atoms with E-state index in [0.29, 0.717) is 61.2 Å². The van der Waals surface area contributed by atoms with E-state index < -0.39 is 0 Å². The number of carbonyl (C=O) groups is 2. The SMILES string of the molecule is CCOc1c(Cl)cc(CNC(=O)C2CCN(C(=O)c3cccc4ccccc34)CC2)cc1OC. The van der Waals surface area contributed by atoms with Crippen molar-refractivity contribution in [2.75, 3.05) is 26.8 Å². The fourth-order valence-corrected chi connectivity index (χ4v) is 4.71. The van der Waals surface area contributed by atoms with Gasteiger partial charge in [0.05, 0.1) is 18.7 Å². The van der Waals surface area contributed by atoms with E-state index in [-0.39, 0.29) is 17.7 Å². The number of fused-ring (bicyclic) bond motifs is 1. The van der Waals surface area contributed by atoms with Gasteiger partial charge in [-0.15, -0.1) is 0 Å². The Bertz CT molecular complexity index is 1180. The number of amides is 2. The fourth-order valence-electron chi connectivity index (χ4n) is 4.42. The number of likely N-dealkylation sites (tertiary alicyclic amines) is 1. The molecule has 0 unspecified atom stereocenters. The third-order valence-electron chi connectivity index (χ3n) is 6.22. The molecule has 0 radical (unpaired) electrons. The standard InChI is InChI=1S/C27H29ClN2O4/c1-3-34-25-23(28)15-18(16-24(25)33-2)17-29-26(31)20-11-13-30(14-12-20)27(32)22-10-6-8-19-7-4-5-9-21(19)22/h4-10,15-16,20H,3,11-14,17H2,1-2H3,(H,29,31).